The maximum Gasteiger partial charge on any atom is 0.0638 e. The molecule has 0 spiro atoms. The van der Waals surface area contributed by atoms with Crippen molar-refractivity contribution < 1.29 is 15.3 Å². The summed E-state index contributed by atoms with van der Waals surface area (Å²) < 4.78 is 0. The summed E-state index contributed by atoms with van der Waals surface area (Å²) in [6.07, 6.45) is 1.29. The van der Waals surface area contributed by atoms with E-state index in [1.54, 1.807) is 0 Å². The van der Waals surface area contributed by atoms with Crippen molar-refractivity contribution in [2.45, 2.75) is 65.3 Å². The zero-order chi connectivity index (χ0) is 13.5. The quantitative estimate of drug-likeness (QED) is 0.614. The molecule has 3 rings (SSSR count). The van der Waals surface area contributed by atoms with E-state index in [0.29, 0.717) is 6.42 Å². The Morgan fingerprint density at radius 3 is 2.11 bits per heavy atom. The van der Waals surface area contributed by atoms with Crippen molar-refractivity contribution in [3.8, 4) is 0 Å². The van der Waals surface area contributed by atoms with Crippen molar-refractivity contribution >= 4 is 0 Å². The van der Waals surface area contributed by atoms with Crippen LogP contribution in [0.15, 0.2) is 0 Å². The summed E-state index contributed by atoms with van der Waals surface area (Å²) in [7, 11) is 0. The molecule has 0 heterocycles. The van der Waals surface area contributed by atoms with Gasteiger partial charge in [0.1, 0.15) is 0 Å². The number of rotatable bonds is 0. The minimum Gasteiger partial charge on any atom is -0.393 e. The van der Waals surface area contributed by atoms with Gasteiger partial charge in [-0.1, -0.05) is 27.7 Å². The lowest BCUT2D eigenvalue weighted by Gasteiger charge is -2.47. The van der Waals surface area contributed by atoms with E-state index in [-0.39, 0.29) is 40.3 Å². The highest BCUT2D eigenvalue weighted by Gasteiger charge is 2.74. The molecule has 0 aliphatic heterocycles. The Morgan fingerprint density at radius 2 is 1.50 bits per heavy atom. The molecule has 0 aromatic rings. The lowest BCUT2D eigenvalue weighted by atomic mass is 9.62. The highest BCUT2D eigenvalue weighted by Crippen LogP contribution is 2.73. The minimum atomic E-state index is -0.402. The Balaban J connectivity index is 2.16. The van der Waals surface area contributed by atoms with Crippen LogP contribution in [0, 0.1) is 28.1 Å². The van der Waals surface area contributed by atoms with Crippen molar-refractivity contribution in [3.63, 3.8) is 0 Å². The van der Waals surface area contributed by atoms with Crippen LogP contribution in [0.3, 0.4) is 0 Å². The maximum atomic E-state index is 10.8. The normalized spacial score (nSPS) is 61.8. The summed E-state index contributed by atoms with van der Waals surface area (Å²) in [4.78, 5) is 0. The molecule has 0 unspecified atom stereocenters. The third kappa shape index (κ3) is 1.13. The Labute approximate surface area is 109 Å². The van der Waals surface area contributed by atoms with Crippen molar-refractivity contribution in [3.05, 3.63) is 0 Å². The van der Waals surface area contributed by atoms with Gasteiger partial charge in [0.05, 0.1) is 18.3 Å². The van der Waals surface area contributed by atoms with Crippen LogP contribution >= 0.6 is 0 Å². The molecule has 3 saturated carbocycles. The van der Waals surface area contributed by atoms with Gasteiger partial charge in [0.25, 0.3) is 0 Å². The van der Waals surface area contributed by atoms with Crippen LogP contribution in [0.2, 0.25) is 0 Å². The molecule has 3 N–H and O–H groups in total. The van der Waals surface area contributed by atoms with Gasteiger partial charge in [-0.3, -0.25) is 0 Å². The fourth-order valence-corrected chi connectivity index (χ4v) is 5.64. The van der Waals surface area contributed by atoms with Crippen LogP contribution in [0.25, 0.3) is 0 Å². The molecule has 0 saturated heterocycles. The van der Waals surface area contributed by atoms with Gasteiger partial charge in [-0.25, -0.2) is 0 Å². The molecule has 0 radical (unpaired) electrons. The fraction of sp³-hybridized carbons (Fsp3) is 1.00. The van der Waals surface area contributed by atoms with Gasteiger partial charge in [-0.15, -0.1) is 0 Å². The summed E-state index contributed by atoms with van der Waals surface area (Å²) in [5, 5.41) is 31.6. The molecule has 18 heavy (non-hydrogen) atoms. The molecule has 0 amide bonds. The Kier molecular flexibility index (Phi) is 2.37. The number of aliphatic hydroxyl groups excluding tert-OH is 3. The second kappa shape index (κ2) is 3.31. The summed E-state index contributed by atoms with van der Waals surface area (Å²) in [6, 6.07) is 0. The monoisotopic (exact) mass is 254 g/mol. The Morgan fingerprint density at radius 1 is 0.889 bits per heavy atom. The van der Waals surface area contributed by atoms with Gasteiger partial charge < -0.3 is 15.3 Å². The SMILES string of the molecule is CC1(C)[C@H]2[C@@H]3[C@H](O)C[C@](C)([C@@H]2O)[C@]3(C)CC[C@H]1O. The van der Waals surface area contributed by atoms with Crippen molar-refractivity contribution in [2.24, 2.45) is 28.1 Å². The molecule has 3 nitrogen and oxygen atoms in total. The van der Waals surface area contributed by atoms with E-state index in [1.165, 1.54) is 0 Å². The van der Waals surface area contributed by atoms with E-state index in [9.17, 15) is 15.3 Å². The summed E-state index contributed by atoms with van der Waals surface area (Å²) in [6.45, 7) is 8.45. The molecule has 7 atom stereocenters. The van der Waals surface area contributed by atoms with E-state index in [1.807, 2.05) is 13.8 Å². The predicted molar refractivity (Wildman–Crippen MR) is 68.8 cm³/mol. The second-order valence-electron chi connectivity index (χ2n) is 7.98. The first-order valence-corrected chi connectivity index (χ1v) is 7.20. The van der Waals surface area contributed by atoms with Gasteiger partial charge >= 0.3 is 0 Å². The largest absolute Gasteiger partial charge is 0.393 e. The molecular formula is C15H26O3. The summed E-state index contributed by atoms with van der Waals surface area (Å²) in [5.41, 5.74) is -0.550. The molecule has 104 valence electrons. The first kappa shape index (κ1) is 12.9. The molecule has 3 fully saturated rings. The summed E-state index contributed by atoms with van der Waals surface area (Å²) in [5.74, 6) is 0.137. The number of hydrogen-bond acceptors (Lipinski definition) is 3. The van der Waals surface area contributed by atoms with E-state index in [4.69, 9.17) is 0 Å². The standard InChI is InChI=1S/C15H26O3/c1-13(2)9(17)5-6-14(3)10-8(16)7-15(14,4)12(18)11(10)13/h8-12,16-18H,5-7H2,1-4H3/t8-,9-,10+,11+,12-,14-,15-/m1/s1. The summed E-state index contributed by atoms with van der Waals surface area (Å²) >= 11 is 0. The highest BCUT2D eigenvalue weighted by atomic mass is 16.3. The smallest absolute Gasteiger partial charge is 0.0638 e. The van der Waals surface area contributed by atoms with Crippen LogP contribution in [0.1, 0.15) is 47.0 Å². The average molecular weight is 254 g/mol. The lowest BCUT2D eigenvalue weighted by molar-refractivity contribution is -0.118. The van der Waals surface area contributed by atoms with Crippen LogP contribution in [0.4, 0.5) is 0 Å². The van der Waals surface area contributed by atoms with E-state index >= 15 is 0 Å². The maximum absolute atomic E-state index is 10.8. The number of hydrogen-bond donors (Lipinski definition) is 3. The van der Waals surface area contributed by atoms with Gasteiger partial charge in [-0.2, -0.15) is 0 Å². The fourth-order valence-electron chi connectivity index (χ4n) is 5.64. The van der Waals surface area contributed by atoms with Crippen LogP contribution in [-0.4, -0.2) is 33.6 Å². The van der Waals surface area contributed by atoms with Crippen molar-refractivity contribution in [2.75, 3.05) is 0 Å². The molecule has 3 heteroatoms. The molecule has 0 aromatic carbocycles. The molecule has 3 aliphatic carbocycles. The van der Waals surface area contributed by atoms with Crippen molar-refractivity contribution in [1.29, 1.82) is 0 Å². The molecule has 3 aliphatic rings. The molecule has 0 aromatic heterocycles. The van der Waals surface area contributed by atoms with Gasteiger partial charge in [-0.05, 0) is 41.9 Å². The van der Waals surface area contributed by atoms with Gasteiger partial charge in [0.2, 0.25) is 0 Å². The zero-order valence-corrected chi connectivity index (χ0v) is 11.8. The van der Waals surface area contributed by atoms with E-state index in [0.717, 1.165) is 12.8 Å². The predicted octanol–water partition coefficient (Wildman–Crippen LogP) is 1.55. The minimum absolute atomic E-state index is 0.00810. The molecule has 4 bridgehead atoms. The van der Waals surface area contributed by atoms with Crippen LogP contribution in [-0.2, 0) is 0 Å². The first-order valence-electron chi connectivity index (χ1n) is 7.20. The van der Waals surface area contributed by atoms with E-state index in [2.05, 4.69) is 13.8 Å². The van der Waals surface area contributed by atoms with E-state index < -0.39 is 6.10 Å². The Hall–Kier alpha value is -0.120. The lowest BCUT2D eigenvalue weighted by Crippen LogP contribution is -2.50. The first-order chi connectivity index (χ1) is 8.16. The third-order valence-corrected chi connectivity index (χ3v) is 7.12. The topological polar surface area (TPSA) is 60.7 Å². The van der Waals surface area contributed by atoms with Gasteiger partial charge in [0, 0.05) is 5.41 Å². The zero-order valence-electron chi connectivity index (χ0n) is 11.8. The average Bonchev–Trinajstić information content (AvgIpc) is 2.52. The second-order valence-corrected chi connectivity index (χ2v) is 7.98. The number of aliphatic hydroxyl groups is 3. The van der Waals surface area contributed by atoms with Crippen LogP contribution < -0.4 is 0 Å². The van der Waals surface area contributed by atoms with Gasteiger partial charge in [0.15, 0.2) is 0 Å². The highest BCUT2D eigenvalue weighted by molar-refractivity contribution is 5.23. The third-order valence-electron chi connectivity index (χ3n) is 7.12. The van der Waals surface area contributed by atoms with Crippen LogP contribution in [0.5, 0.6) is 0 Å². The molecular weight excluding hydrogens is 228 g/mol. The Bertz CT molecular complexity index is 380. The van der Waals surface area contributed by atoms with Crippen molar-refractivity contribution in [1.82, 2.24) is 0 Å².